The van der Waals surface area contributed by atoms with Gasteiger partial charge in [0.25, 0.3) is 0 Å². The number of hydrogen-bond donors (Lipinski definition) is 1. The smallest absolute Gasteiger partial charge is 0.241 e. The van der Waals surface area contributed by atoms with Gasteiger partial charge < -0.3 is 4.74 Å². The summed E-state index contributed by atoms with van der Waals surface area (Å²) in [6.07, 6.45) is 5.00. The quantitative estimate of drug-likeness (QED) is 0.862. The summed E-state index contributed by atoms with van der Waals surface area (Å²) in [6, 6.07) is 8.29. The lowest BCUT2D eigenvalue weighted by Gasteiger charge is -2.31. The summed E-state index contributed by atoms with van der Waals surface area (Å²) in [5.74, 6) is 0.159. The third kappa shape index (κ3) is 4.20. The van der Waals surface area contributed by atoms with Crippen LogP contribution in [-0.4, -0.2) is 26.6 Å². The van der Waals surface area contributed by atoms with E-state index in [0.29, 0.717) is 23.8 Å². The molecule has 134 valence electrons. The van der Waals surface area contributed by atoms with Gasteiger partial charge in [-0.2, -0.15) is 0 Å². The number of nitrogens with zero attached hydrogens (tertiary/aromatic N) is 1. The molecule has 0 radical (unpaired) electrons. The highest BCUT2D eigenvalue weighted by molar-refractivity contribution is 7.89. The summed E-state index contributed by atoms with van der Waals surface area (Å²) < 4.78 is 34.3. The van der Waals surface area contributed by atoms with Crippen molar-refractivity contribution in [2.24, 2.45) is 5.92 Å². The Morgan fingerprint density at radius 3 is 2.68 bits per heavy atom. The Labute approximate surface area is 153 Å². The van der Waals surface area contributed by atoms with Crippen LogP contribution in [0.2, 0.25) is 5.02 Å². The molecule has 1 aromatic carbocycles. The number of halogens is 1. The third-order valence-electron chi connectivity index (χ3n) is 4.57. The van der Waals surface area contributed by atoms with Crippen molar-refractivity contribution in [2.45, 2.75) is 30.7 Å². The maximum atomic E-state index is 13.0. The van der Waals surface area contributed by atoms with Gasteiger partial charge in [-0.15, -0.1) is 0 Å². The number of ether oxygens (including phenoxy) is 1. The van der Waals surface area contributed by atoms with Crippen LogP contribution in [0, 0.1) is 12.8 Å². The van der Waals surface area contributed by atoms with Crippen molar-refractivity contribution in [3.63, 3.8) is 0 Å². The zero-order valence-corrected chi connectivity index (χ0v) is 15.6. The summed E-state index contributed by atoms with van der Waals surface area (Å²) in [4.78, 5) is 4.36. The number of pyridine rings is 1. The van der Waals surface area contributed by atoms with Gasteiger partial charge in [-0.05, 0) is 55.0 Å². The average Bonchev–Trinajstić information content (AvgIpc) is 2.63. The SMILES string of the molecule is Cc1c(Cl)cccc1S(=O)(=O)N[C@H](c1cccnc1)C1CCOCC1. The van der Waals surface area contributed by atoms with Gasteiger partial charge >= 0.3 is 0 Å². The largest absolute Gasteiger partial charge is 0.381 e. The van der Waals surface area contributed by atoms with E-state index in [4.69, 9.17) is 16.3 Å². The van der Waals surface area contributed by atoms with Crippen molar-refractivity contribution in [1.29, 1.82) is 0 Å². The van der Waals surface area contributed by atoms with Gasteiger partial charge in [-0.1, -0.05) is 23.7 Å². The van der Waals surface area contributed by atoms with E-state index in [0.717, 1.165) is 18.4 Å². The Morgan fingerprint density at radius 1 is 1.24 bits per heavy atom. The topological polar surface area (TPSA) is 68.3 Å². The molecule has 0 spiro atoms. The van der Waals surface area contributed by atoms with Crippen LogP contribution in [0.4, 0.5) is 0 Å². The monoisotopic (exact) mass is 380 g/mol. The van der Waals surface area contributed by atoms with Crippen LogP contribution < -0.4 is 4.72 Å². The molecule has 3 rings (SSSR count). The van der Waals surface area contributed by atoms with Gasteiger partial charge in [0.1, 0.15) is 0 Å². The van der Waals surface area contributed by atoms with Crippen LogP contribution in [0.1, 0.15) is 30.0 Å². The first-order valence-electron chi connectivity index (χ1n) is 8.24. The highest BCUT2D eigenvalue weighted by Gasteiger charge is 2.30. The third-order valence-corrected chi connectivity index (χ3v) is 6.57. The van der Waals surface area contributed by atoms with Crippen molar-refractivity contribution < 1.29 is 13.2 Å². The van der Waals surface area contributed by atoms with Gasteiger partial charge in [-0.25, -0.2) is 13.1 Å². The first-order chi connectivity index (χ1) is 12.0. The molecule has 1 saturated heterocycles. The molecular formula is C18H21ClN2O3S. The highest BCUT2D eigenvalue weighted by atomic mass is 35.5. The molecule has 1 fully saturated rings. The molecule has 2 aromatic rings. The summed E-state index contributed by atoms with van der Waals surface area (Å²) in [5, 5.41) is 0.437. The van der Waals surface area contributed by atoms with Crippen molar-refractivity contribution in [3.8, 4) is 0 Å². The Kier molecular flexibility index (Phi) is 5.74. The van der Waals surface area contributed by atoms with E-state index in [2.05, 4.69) is 9.71 Å². The van der Waals surface area contributed by atoms with Crippen molar-refractivity contribution in [1.82, 2.24) is 9.71 Å². The summed E-state index contributed by atoms with van der Waals surface area (Å²) in [6.45, 7) is 2.99. The van der Waals surface area contributed by atoms with Gasteiger partial charge in [0.2, 0.25) is 10.0 Å². The Balaban J connectivity index is 1.95. The second kappa shape index (κ2) is 7.83. The van der Waals surface area contributed by atoms with Crippen LogP contribution in [0.3, 0.4) is 0 Å². The van der Waals surface area contributed by atoms with Crippen molar-refractivity contribution in [2.75, 3.05) is 13.2 Å². The van der Waals surface area contributed by atoms with E-state index in [1.54, 1.807) is 37.5 Å². The van der Waals surface area contributed by atoms with E-state index in [9.17, 15) is 8.42 Å². The fourth-order valence-corrected chi connectivity index (χ4v) is 4.95. The number of aromatic nitrogens is 1. The first-order valence-corrected chi connectivity index (χ1v) is 10.1. The molecule has 0 amide bonds. The molecule has 1 aromatic heterocycles. The first kappa shape index (κ1) is 18.3. The normalized spacial score (nSPS) is 17.4. The van der Waals surface area contributed by atoms with Crippen LogP contribution >= 0.6 is 11.6 Å². The van der Waals surface area contributed by atoms with Crippen LogP contribution in [0.25, 0.3) is 0 Å². The lowest BCUT2D eigenvalue weighted by atomic mass is 9.88. The minimum absolute atomic E-state index is 0.159. The molecule has 1 N–H and O–H groups in total. The van der Waals surface area contributed by atoms with Gasteiger partial charge in [-0.3, -0.25) is 4.98 Å². The molecule has 1 aliphatic heterocycles. The lowest BCUT2D eigenvalue weighted by Crippen LogP contribution is -2.36. The molecule has 1 atom stereocenters. The second-order valence-electron chi connectivity index (χ2n) is 6.20. The summed E-state index contributed by atoms with van der Waals surface area (Å²) in [7, 11) is -3.71. The van der Waals surface area contributed by atoms with E-state index < -0.39 is 10.0 Å². The number of benzene rings is 1. The van der Waals surface area contributed by atoms with Crippen molar-refractivity contribution >= 4 is 21.6 Å². The molecule has 25 heavy (non-hydrogen) atoms. The standard InChI is InChI=1S/C18H21ClN2O3S/c1-13-16(19)5-2-6-17(13)25(22,23)21-18(14-7-10-24-11-8-14)15-4-3-9-20-12-15/h2-6,9,12,14,18,21H,7-8,10-11H2,1H3/t18-/m0/s1. The molecule has 1 aliphatic rings. The van der Waals surface area contributed by atoms with E-state index in [1.807, 2.05) is 12.1 Å². The molecule has 7 heteroatoms. The van der Waals surface area contributed by atoms with Gasteiger partial charge in [0.05, 0.1) is 10.9 Å². The molecule has 0 aliphatic carbocycles. The Bertz CT molecular complexity index is 821. The zero-order chi connectivity index (χ0) is 17.9. The number of rotatable bonds is 5. The summed E-state index contributed by atoms with van der Waals surface area (Å²) in [5.41, 5.74) is 1.41. The average molecular weight is 381 g/mol. The molecule has 0 saturated carbocycles. The number of sulfonamides is 1. The summed E-state index contributed by atoms with van der Waals surface area (Å²) >= 11 is 6.10. The molecular weight excluding hydrogens is 360 g/mol. The Morgan fingerprint density at radius 2 is 2.00 bits per heavy atom. The van der Waals surface area contributed by atoms with E-state index in [1.165, 1.54) is 0 Å². The van der Waals surface area contributed by atoms with Crippen molar-refractivity contribution in [3.05, 3.63) is 58.9 Å². The van der Waals surface area contributed by atoms with E-state index in [-0.39, 0.29) is 16.9 Å². The molecule has 2 heterocycles. The fourth-order valence-electron chi connectivity index (χ4n) is 3.15. The van der Waals surface area contributed by atoms with Gasteiger partial charge in [0, 0.05) is 30.6 Å². The highest BCUT2D eigenvalue weighted by Crippen LogP contribution is 2.32. The maximum absolute atomic E-state index is 13.0. The van der Waals surface area contributed by atoms with Crippen LogP contribution in [0.5, 0.6) is 0 Å². The lowest BCUT2D eigenvalue weighted by molar-refractivity contribution is 0.0564. The minimum atomic E-state index is -3.71. The van der Waals surface area contributed by atoms with Crippen LogP contribution in [0.15, 0.2) is 47.6 Å². The molecule has 0 bridgehead atoms. The second-order valence-corrected chi connectivity index (χ2v) is 8.29. The number of nitrogens with one attached hydrogen (secondary N) is 1. The molecule has 0 unspecified atom stereocenters. The minimum Gasteiger partial charge on any atom is -0.381 e. The van der Waals surface area contributed by atoms with E-state index >= 15 is 0 Å². The maximum Gasteiger partial charge on any atom is 0.241 e. The zero-order valence-electron chi connectivity index (χ0n) is 14.0. The Hall–Kier alpha value is -1.47. The fraction of sp³-hybridized carbons (Fsp3) is 0.389. The predicted molar refractivity (Wildman–Crippen MR) is 97.0 cm³/mol. The van der Waals surface area contributed by atoms with Crippen LogP contribution in [-0.2, 0) is 14.8 Å². The number of hydrogen-bond acceptors (Lipinski definition) is 4. The van der Waals surface area contributed by atoms with Gasteiger partial charge in [0.15, 0.2) is 0 Å². The molecule has 5 nitrogen and oxygen atoms in total. The predicted octanol–water partition coefficient (Wildman–Crippen LogP) is 3.49.